The lowest BCUT2D eigenvalue weighted by Gasteiger charge is -2.29. The Balaban J connectivity index is 1.79. The van der Waals surface area contributed by atoms with Gasteiger partial charge in [-0.25, -0.2) is 13.2 Å². The number of halogens is 3. The van der Waals surface area contributed by atoms with Gasteiger partial charge >= 0.3 is 11.9 Å². The molecular weight excluding hydrogens is 599 g/mol. The number of methoxy groups -OCH3 is 2. The molecule has 2 aromatic heterocycles. The van der Waals surface area contributed by atoms with Crippen molar-refractivity contribution in [1.82, 2.24) is 24.5 Å². The molecule has 3 heterocycles. The molecule has 0 fully saturated rings. The highest BCUT2D eigenvalue weighted by atomic mass is 32.2. The van der Waals surface area contributed by atoms with Gasteiger partial charge in [-0.1, -0.05) is 17.4 Å². The highest BCUT2D eigenvalue weighted by Gasteiger charge is 2.69. The van der Waals surface area contributed by atoms with Gasteiger partial charge in [0.25, 0.3) is 21.5 Å². The second kappa shape index (κ2) is 10.6. The molecule has 0 spiro atoms. The van der Waals surface area contributed by atoms with Gasteiger partial charge in [0.1, 0.15) is 5.82 Å². The Morgan fingerprint density at radius 2 is 1.83 bits per heavy atom. The van der Waals surface area contributed by atoms with Gasteiger partial charge in [-0.05, 0) is 24.1 Å². The second-order valence-electron chi connectivity index (χ2n) is 8.44. The Morgan fingerprint density at radius 3 is 2.44 bits per heavy atom. The maximum Gasteiger partial charge on any atom is 0.421 e. The van der Waals surface area contributed by atoms with E-state index in [-0.39, 0.29) is 29.4 Å². The number of nitrogens with one attached hydrogen (secondary N) is 4. The maximum atomic E-state index is 14.6. The van der Waals surface area contributed by atoms with Crippen LogP contribution in [0.5, 0.6) is 11.5 Å². The van der Waals surface area contributed by atoms with Crippen molar-refractivity contribution in [3.63, 3.8) is 0 Å². The predicted molar refractivity (Wildman–Crippen MR) is 135 cm³/mol. The Kier molecular flexibility index (Phi) is 7.67. The van der Waals surface area contributed by atoms with E-state index >= 15 is 0 Å². The summed E-state index contributed by atoms with van der Waals surface area (Å²) in [5.74, 6) is -2.76. The fourth-order valence-electron chi connectivity index (χ4n) is 4.04. The third kappa shape index (κ3) is 5.27. The first-order valence-corrected chi connectivity index (χ1v) is 13.6. The molecule has 3 aromatic rings. The van der Waals surface area contributed by atoms with E-state index in [1.807, 2.05) is 5.32 Å². The van der Waals surface area contributed by atoms with Gasteiger partial charge in [0, 0.05) is 13.5 Å². The fraction of sp³-hybridized carbons (Fsp3) is 0.333. The number of amides is 2. The van der Waals surface area contributed by atoms with Gasteiger partial charge in [0.15, 0.2) is 11.5 Å². The SMILES string of the molecule is COc1ccc(CCn2c3c(c(=O)[nH]c2=O)[C@@](NS(=O)(=O)c2nnc(NC(C)=O)s2)(C(F)(F)F)C(=O)N3)cc1OC. The average Bonchev–Trinajstić information content (AvgIpc) is 3.46. The summed E-state index contributed by atoms with van der Waals surface area (Å²) in [5, 5.41) is 10.3. The zero-order chi connectivity index (χ0) is 30.3. The first-order valence-electron chi connectivity index (χ1n) is 11.3. The van der Waals surface area contributed by atoms with Gasteiger partial charge in [0.2, 0.25) is 20.9 Å². The van der Waals surface area contributed by atoms with E-state index in [4.69, 9.17) is 9.47 Å². The minimum absolute atomic E-state index is 0.00999. The third-order valence-electron chi connectivity index (χ3n) is 5.85. The Morgan fingerprint density at radius 1 is 1.15 bits per heavy atom. The van der Waals surface area contributed by atoms with Crippen LogP contribution >= 0.6 is 11.3 Å². The van der Waals surface area contributed by atoms with Crippen molar-refractivity contribution in [3.05, 3.63) is 50.2 Å². The van der Waals surface area contributed by atoms with E-state index in [0.29, 0.717) is 21.6 Å². The molecule has 0 saturated carbocycles. The summed E-state index contributed by atoms with van der Waals surface area (Å²) in [6.07, 6.45) is -5.71. The van der Waals surface area contributed by atoms with Crippen LogP contribution in [0.1, 0.15) is 18.1 Å². The van der Waals surface area contributed by atoms with Crippen LogP contribution in [-0.2, 0) is 38.1 Å². The van der Waals surface area contributed by atoms with Gasteiger partial charge in [-0.15, -0.1) is 10.2 Å². The molecule has 1 aliphatic rings. The summed E-state index contributed by atoms with van der Waals surface area (Å²) < 4.78 is 81.1. The van der Waals surface area contributed by atoms with Crippen molar-refractivity contribution >= 4 is 44.1 Å². The van der Waals surface area contributed by atoms with Crippen molar-refractivity contribution in [3.8, 4) is 11.5 Å². The largest absolute Gasteiger partial charge is 0.493 e. The molecule has 0 radical (unpaired) electrons. The number of carbonyl (C=O) groups excluding carboxylic acids is 2. The van der Waals surface area contributed by atoms with Crippen LogP contribution in [-0.4, -0.2) is 60.4 Å². The monoisotopic (exact) mass is 619 g/mol. The molecule has 0 bridgehead atoms. The number of alkyl halides is 3. The van der Waals surface area contributed by atoms with Crippen LogP contribution in [0.4, 0.5) is 24.1 Å². The molecule has 1 aliphatic heterocycles. The number of sulfonamides is 1. The smallest absolute Gasteiger partial charge is 0.421 e. The van der Waals surface area contributed by atoms with E-state index in [0.717, 1.165) is 6.92 Å². The highest BCUT2D eigenvalue weighted by molar-refractivity contribution is 7.91. The second-order valence-corrected chi connectivity index (χ2v) is 11.3. The van der Waals surface area contributed by atoms with E-state index in [1.165, 1.54) is 18.9 Å². The molecule has 4 rings (SSSR count). The minimum Gasteiger partial charge on any atom is -0.493 e. The van der Waals surface area contributed by atoms with Gasteiger partial charge in [0.05, 0.1) is 19.8 Å². The number of ether oxygens (including phenoxy) is 2. The minimum atomic E-state index is -5.72. The van der Waals surface area contributed by atoms with E-state index < -0.39 is 60.5 Å². The number of benzene rings is 1. The standard InChI is InChI=1S/C21H20F3N7O8S2/c1-9(32)25-17-28-29-19(40-17)41(36,37)30-20(21(22,23)24)13-14(26-16(20)34)31(18(35)27-15(13)33)7-6-10-4-5-11(38-2)12(8-10)39-3/h4-5,8,30H,6-7H2,1-3H3,(H,26,34)(H,25,28,32)(H,27,33,35)/t20-/m0/s1. The van der Waals surface area contributed by atoms with Crippen LogP contribution in [0.2, 0.25) is 0 Å². The molecule has 220 valence electrons. The highest BCUT2D eigenvalue weighted by Crippen LogP contribution is 2.46. The number of hydrogen-bond donors (Lipinski definition) is 4. The number of fused-ring (bicyclic) bond motifs is 1. The van der Waals surface area contributed by atoms with Gasteiger partial charge in [-0.2, -0.15) is 17.9 Å². The Bertz CT molecular complexity index is 1770. The molecule has 0 unspecified atom stereocenters. The zero-order valence-corrected chi connectivity index (χ0v) is 22.8. The average molecular weight is 620 g/mol. The van der Waals surface area contributed by atoms with Crippen LogP contribution in [0.25, 0.3) is 0 Å². The summed E-state index contributed by atoms with van der Waals surface area (Å²) in [6.45, 7) is 0.730. The van der Waals surface area contributed by atoms with Crippen LogP contribution in [0.15, 0.2) is 32.1 Å². The van der Waals surface area contributed by atoms with Crippen molar-refractivity contribution in [1.29, 1.82) is 0 Å². The van der Waals surface area contributed by atoms with Crippen LogP contribution in [0.3, 0.4) is 0 Å². The zero-order valence-electron chi connectivity index (χ0n) is 21.2. The van der Waals surface area contributed by atoms with E-state index in [1.54, 1.807) is 23.2 Å². The van der Waals surface area contributed by atoms with Gasteiger partial charge in [-0.3, -0.25) is 23.9 Å². The number of anilines is 2. The van der Waals surface area contributed by atoms with Crippen molar-refractivity contribution in [2.75, 3.05) is 24.9 Å². The summed E-state index contributed by atoms with van der Waals surface area (Å²) in [4.78, 5) is 51.3. The maximum absolute atomic E-state index is 14.6. The molecule has 1 aromatic carbocycles. The number of nitrogens with zero attached hydrogens (tertiary/aromatic N) is 3. The summed E-state index contributed by atoms with van der Waals surface area (Å²) in [6, 6.07) is 4.71. The lowest BCUT2D eigenvalue weighted by molar-refractivity contribution is -0.194. The molecule has 15 nitrogen and oxygen atoms in total. The summed E-state index contributed by atoms with van der Waals surface area (Å²) in [5.41, 5.74) is -7.79. The molecule has 0 aliphatic carbocycles. The predicted octanol–water partition coefficient (Wildman–Crippen LogP) is 0.295. The number of H-pyrrole nitrogens is 1. The Hall–Kier alpha value is -4.30. The molecule has 1 atom stereocenters. The summed E-state index contributed by atoms with van der Waals surface area (Å²) >= 11 is 0.200. The number of aromatic nitrogens is 4. The lowest BCUT2D eigenvalue weighted by atomic mass is 9.93. The Labute approximate surface area is 231 Å². The number of aryl methyl sites for hydroxylation is 1. The van der Waals surface area contributed by atoms with Crippen molar-refractivity contribution in [2.24, 2.45) is 0 Å². The quantitative estimate of drug-likeness (QED) is 0.241. The third-order valence-corrected chi connectivity index (χ3v) is 8.51. The molecule has 0 saturated heterocycles. The molecular formula is C21H20F3N7O8S2. The van der Waals surface area contributed by atoms with Crippen molar-refractivity contribution in [2.45, 2.75) is 35.9 Å². The number of aromatic amines is 1. The molecule has 41 heavy (non-hydrogen) atoms. The first kappa shape index (κ1) is 29.7. The lowest BCUT2D eigenvalue weighted by Crippen LogP contribution is -2.61. The number of hydrogen-bond acceptors (Lipinski definition) is 11. The normalized spacial score (nSPS) is 16.7. The first-order chi connectivity index (χ1) is 19.1. The molecule has 4 N–H and O–H groups in total. The number of carbonyl (C=O) groups is 2. The molecule has 2 amide bonds. The van der Waals surface area contributed by atoms with Crippen LogP contribution in [0, 0.1) is 0 Å². The topological polar surface area (TPSA) is 203 Å². The van der Waals surface area contributed by atoms with Gasteiger partial charge < -0.3 is 20.1 Å². The van der Waals surface area contributed by atoms with Crippen LogP contribution < -0.4 is 36.1 Å². The summed E-state index contributed by atoms with van der Waals surface area (Å²) in [7, 11) is -2.49. The molecule has 20 heteroatoms. The fourth-order valence-corrected chi connectivity index (χ4v) is 6.32. The van der Waals surface area contributed by atoms with E-state index in [2.05, 4.69) is 15.5 Å². The van der Waals surface area contributed by atoms with E-state index in [9.17, 15) is 40.8 Å². The number of rotatable bonds is 9. The van der Waals surface area contributed by atoms with Crippen molar-refractivity contribution < 1.29 is 40.7 Å².